The maximum atomic E-state index is 12.6. The van der Waals surface area contributed by atoms with E-state index in [1.54, 1.807) is 0 Å². The van der Waals surface area contributed by atoms with Crippen LogP contribution in [0.1, 0.15) is 84.5 Å². The van der Waals surface area contributed by atoms with E-state index in [0.717, 1.165) is 38.5 Å². The van der Waals surface area contributed by atoms with Gasteiger partial charge < -0.3 is 39.9 Å². The van der Waals surface area contributed by atoms with Crippen molar-refractivity contribution in [3.8, 4) is 0 Å². The number of carbonyl (C=O) groups excluding carboxylic acids is 2. The molecule has 0 radical (unpaired) electrons. The number of aliphatic hydroxyl groups is 5. The lowest BCUT2D eigenvalue weighted by molar-refractivity contribution is -0.220. The van der Waals surface area contributed by atoms with Gasteiger partial charge in [-0.25, -0.2) is 4.57 Å². The predicted octanol–water partition coefficient (Wildman–Crippen LogP) is 4.43. The summed E-state index contributed by atoms with van der Waals surface area (Å²) in [7, 11) is -5.11. The summed E-state index contributed by atoms with van der Waals surface area (Å²) >= 11 is 0. The van der Waals surface area contributed by atoms with Crippen LogP contribution in [-0.2, 0) is 32.7 Å². The normalized spacial score (nSPS) is 25.0. The van der Waals surface area contributed by atoms with Gasteiger partial charge in [0.15, 0.2) is 6.10 Å². The lowest BCUT2D eigenvalue weighted by atomic mass is 9.85. The van der Waals surface area contributed by atoms with Gasteiger partial charge >= 0.3 is 19.8 Å². The summed E-state index contributed by atoms with van der Waals surface area (Å²) in [5.74, 6) is -1.25. The third-order valence-electron chi connectivity index (χ3n) is 7.33. The Bertz CT molecular complexity index is 1160. The van der Waals surface area contributed by atoms with Crippen LogP contribution in [0.25, 0.3) is 0 Å². The van der Waals surface area contributed by atoms with Gasteiger partial charge in [-0.05, 0) is 51.4 Å². The number of phosphoric ester groups is 1. The van der Waals surface area contributed by atoms with Crippen LogP contribution in [0.5, 0.6) is 0 Å². The van der Waals surface area contributed by atoms with Crippen LogP contribution in [0, 0.1) is 0 Å². The summed E-state index contributed by atoms with van der Waals surface area (Å²) in [6.07, 6.45) is 18.7. The molecule has 1 aliphatic carbocycles. The smallest absolute Gasteiger partial charge is 0.462 e. The van der Waals surface area contributed by atoms with E-state index in [9.17, 15) is 44.6 Å². The van der Waals surface area contributed by atoms with Crippen molar-refractivity contribution in [3.63, 3.8) is 0 Å². The number of phosphoric acid groups is 1. The van der Waals surface area contributed by atoms with Crippen molar-refractivity contribution < 1.29 is 63.1 Å². The Balaban J connectivity index is 2.49. The van der Waals surface area contributed by atoms with Crippen LogP contribution in [0.15, 0.2) is 72.9 Å². The third kappa shape index (κ3) is 20.2. The number of unbranched alkanes of at least 4 members (excludes halogenated alkanes) is 1. The molecule has 0 spiro atoms. The zero-order valence-electron chi connectivity index (χ0n) is 29.2. The fourth-order valence-corrected chi connectivity index (χ4v) is 5.44. The van der Waals surface area contributed by atoms with Crippen LogP contribution >= 0.6 is 7.82 Å². The third-order valence-corrected chi connectivity index (χ3v) is 8.31. The molecular weight excluding hydrogens is 671 g/mol. The van der Waals surface area contributed by atoms with E-state index < -0.39 is 75.7 Å². The first-order valence-electron chi connectivity index (χ1n) is 17.2. The van der Waals surface area contributed by atoms with Gasteiger partial charge in [0, 0.05) is 12.8 Å². The highest BCUT2D eigenvalue weighted by atomic mass is 31.2. The summed E-state index contributed by atoms with van der Waals surface area (Å²) in [6, 6.07) is 0. The van der Waals surface area contributed by atoms with E-state index in [4.69, 9.17) is 18.5 Å². The van der Waals surface area contributed by atoms with Crippen LogP contribution < -0.4 is 0 Å². The quantitative estimate of drug-likeness (QED) is 0.0437. The summed E-state index contributed by atoms with van der Waals surface area (Å²) in [6.45, 7) is 2.76. The molecule has 0 heterocycles. The highest BCUT2D eigenvalue weighted by Gasteiger charge is 2.51. The SMILES string of the molecule is CC/C=C\C/C=C\C/C=C\C/C=C\C/C=C\C/C=C\CCC(=O)OC(COC(=O)CCCC)COP(=O)(O)OC1C(O)C(O)C(O)C(O)C1O. The predicted molar refractivity (Wildman–Crippen MR) is 188 cm³/mol. The zero-order chi connectivity index (χ0) is 37.2. The van der Waals surface area contributed by atoms with Crippen molar-refractivity contribution in [3.05, 3.63) is 72.9 Å². The second-order valence-electron chi connectivity index (χ2n) is 11.6. The van der Waals surface area contributed by atoms with Gasteiger partial charge in [-0.1, -0.05) is 93.2 Å². The number of esters is 2. The molecule has 0 aromatic carbocycles. The summed E-state index contributed by atoms with van der Waals surface area (Å²) in [5, 5.41) is 49.5. The number of hydrogen-bond acceptors (Lipinski definition) is 12. The second kappa shape index (κ2) is 27.0. The molecule has 0 saturated heterocycles. The first-order valence-corrected chi connectivity index (χ1v) is 18.7. The van der Waals surface area contributed by atoms with Gasteiger partial charge in [-0.2, -0.15) is 0 Å². The molecule has 14 heteroatoms. The molecule has 50 heavy (non-hydrogen) atoms. The number of ether oxygens (including phenoxy) is 2. The van der Waals surface area contributed by atoms with Gasteiger partial charge in [-0.3, -0.25) is 18.6 Å². The van der Waals surface area contributed by atoms with E-state index in [1.165, 1.54) is 0 Å². The Kier molecular flexibility index (Phi) is 24.5. The lowest BCUT2D eigenvalue weighted by Gasteiger charge is -2.41. The van der Waals surface area contributed by atoms with E-state index in [0.29, 0.717) is 19.3 Å². The zero-order valence-corrected chi connectivity index (χ0v) is 30.0. The topological polar surface area (TPSA) is 210 Å². The first kappa shape index (κ1) is 45.3. The van der Waals surface area contributed by atoms with E-state index >= 15 is 0 Å². The van der Waals surface area contributed by atoms with E-state index in [1.807, 2.05) is 31.2 Å². The van der Waals surface area contributed by atoms with Crippen molar-refractivity contribution in [2.75, 3.05) is 13.2 Å². The molecule has 1 saturated carbocycles. The van der Waals surface area contributed by atoms with Crippen molar-refractivity contribution in [1.82, 2.24) is 0 Å². The van der Waals surface area contributed by atoms with E-state index in [-0.39, 0.29) is 12.8 Å². The molecule has 0 amide bonds. The number of rotatable bonds is 25. The molecule has 1 aliphatic rings. The molecule has 284 valence electrons. The molecule has 6 unspecified atom stereocenters. The minimum atomic E-state index is -5.11. The van der Waals surface area contributed by atoms with Gasteiger partial charge in [0.05, 0.1) is 6.61 Å². The molecule has 1 fully saturated rings. The average molecular weight is 729 g/mol. The van der Waals surface area contributed by atoms with Crippen molar-refractivity contribution >= 4 is 19.8 Å². The number of allylic oxidation sites excluding steroid dienone is 12. The molecule has 6 atom stereocenters. The van der Waals surface area contributed by atoms with Gasteiger partial charge in [-0.15, -0.1) is 0 Å². The van der Waals surface area contributed by atoms with Crippen LogP contribution in [0.4, 0.5) is 0 Å². The molecule has 6 N–H and O–H groups in total. The summed E-state index contributed by atoms with van der Waals surface area (Å²) in [5.41, 5.74) is 0. The summed E-state index contributed by atoms with van der Waals surface area (Å²) < 4.78 is 32.7. The Morgan fingerprint density at radius 1 is 0.640 bits per heavy atom. The Morgan fingerprint density at radius 2 is 1.10 bits per heavy atom. The van der Waals surface area contributed by atoms with E-state index in [2.05, 4.69) is 55.5 Å². The largest absolute Gasteiger partial charge is 0.472 e. The van der Waals surface area contributed by atoms with Crippen molar-refractivity contribution in [2.45, 2.75) is 127 Å². The van der Waals surface area contributed by atoms with Crippen LogP contribution in [0.3, 0.4) is 0 Å². The summed E-state index contributed by atoms with van der Waals surface area (Å²) in [4.78, 5) is 34.7. The standard InChI is InChI=1S/C36H57O13P/c1-3-5-7-8-9-10-11-12-13-14-15-16-17-18-19-20-21-22-23-25-30(38)48-28(26-46-29(37)24-6-4-2)27-47-50(44,45)49-36-34(42)32(40)31(39)33(41)35(36)43/h5,7,9-10,12-13,15-16,18-19,21-22,28,31-36,39-43H,3-4,6,8,11,14,17,20,23-27H2,1-2H3,(H,44,45)/b7-5-,10-9-,13-12-,16-15-,19-18-,22-21-. The Hall–Kier alpha value is -2.71. The van der Waals surface area contributed by atoms with Crippen molar-refractivity contribution in [2.24, 2.45) is 0 Å². The van der Waals surface area contributed by atoms with Crippen LogP contribution in [-0.4, -0.2) is 98.3 Å². The Labute approximate surface area is 295 Å². The monoisotopic (exact) mass is 728 g/mol. The van der Waals surface area contributed by atoms with Gasteiger partial charge in [0.1, 0.15) is 43.2 Å². The second-order valence-corrected chi connectivity index (χ2v) is 13.0. The highest BCUT2D eigenvalue weighted by molar-refractivity contribution is 7.47. The molecule has 0 bridgehead atoms. The number of hydrogen-bond donors (Lipinski definition) is 6. The van der Waals surface area contributed by atoms with Gasteiger partial charge in [0.25, 0.3) is 0 Å². The molecular formula is C36H57O13P. The molecule has 1 rings (SSSR count). The maximum Gasteiger partial charge on any atom is 0.472 e. The fourth-order valence-electron chi connectivity index (χ4n) is 4.46. The molecule has 0 aliphatic heterocycles. The molecule has 0 aromatic rings. The fraction of sp³-hybridized carbons (Fsp3) is 0.611. The molecule has 0 aromatic heterocycles. The number of carbonyl (C=O) groups is 2. The maximum absolute atomic E-state index is 12.6. The highest BCUT2D eigenvalue weighted by Crippen LogP contribution is 2.47. The van der Waals surface area contributed by atoms with Crippen molar-refractivity contribution in [1.29, 1.82) is 0 Å². The minimum Gasteiger partial charge on any atom is -0.462 e. The molecule has 13 nitrogen and oxygen atoms in total. The Morgan fingerprint density at radius 3 is 1.58 bits per heavy atom. The minimum absolute atomic E-state index is 0.0334. The van der Waals surface area contributed by atoms with Crippen LogP contribution in [0.2, 0.25) is 0 Å². The average Bonchev–Trinajstić information content (AvgIpc) is 3.09. The first-order chi connectivity index (χ1) is 23.9. The number of aliphatic hydroxyl groups excluding tert-OH is 5. The lowest BCUT2D eigenvalue weighted by Crippen LogP contribution is -2.64. The van der Waals surface area contributed by atoms with Gasteiger partial charge in [0.2, 0.25) is 0 Å².